The Morgan fingerprint density at radius 2 is 1.91 bits per heavy atom. The van der Waals surface area contributed by atoms with E-state index in [-0.39, 0.29) is 5.82 Å². The number of hydrogen-bond acceptors (Lipinski definition) is 5. The van der Waals surface area contributed by atoms with Crippen LogP contribution >= 0.6 is 0 Å². The molecule has 3 N–H and O–H groups in total. The summed E-state index contributed by atoms with van der Waals surface area (Å²) in [5.74, 6) is 2.07. The molecule has 1 atom stereocenters. The first-order chi connectivity index (χ1) is 15.7. The summed E-state index contributed by atoms with van der Waals surface area (Å²) in [6, 6.07) is 9.56. The molecule has 1 fully saturated rings. The molecule has 0 bridgehead atoms. The fraction of sp³-hybridized carbons (Fsp3) is 0.440. The van der Waals surface area contributed by atoms with E-state index < -0.39 is 0 Å². The molecule has 6 rings (SSSR count). The molecular weight excluding hydrogens is 407 g/mol. The van der Waals surface area contributed by atoms with Gasteiger partial charge in [0.25, 0.3) is 0 Å². The Morgan fingerprint density at radius 3 is 2.78 bits per heavy atom. The number of aromatic nitrogens is 1. The Hall–Kier alpha value is -2.61. The fourth-order valence-corrected chi connectivity index (χ4v) is 5.63. The number of piperidine rings is 1. The Labute approximate surface area is 187 Å². The minimum atomic E-state index is -0.186. The van der Waals surface area contributed by atoms with Gasteiger partial charge in [0.15, 0.2) is 11.5 Å². The first-order valence-corrected chi connectivity index (χ1v) is 11.7. The maximum Gasteiger partial charge on any atom is 0.196 e. The SMILES string of the molecule is Fc1ccc2[nH]cc(CCC3c4cc5c(cc4CCN3CC3CCNCC3)ONO5)c2c1. The molecule has 0 saturated carbocycles. The first kappa shape index (κ1) is 20.0. The standard InChI is InChI=1S/C25H29FN4O2/c26-19-2-3-22-20(12-19)18(14-28-22)1-4-23-21-13-25-24(31-29-32-25)11-17(21)7-10-30(23)15-16-5-8-27-9-6-16/h2-3,11-14,16,23,27-29H,1,4-10,15H2. The van der Waals surface area contributed by atoms with Gasteiger partial charge in [-0.1, -0.05) is 0 Å². The number of fused-ring (bicyclic) bond motifs is 3. The summed E-state index contributed by atoms with van der Waals surface area (Å²) in [5, 5.41) is 4.47. The molecule has 1 unspecified atom stereocenters. The molecule has 3 aliphatic rings. The zero-order valence-electron chi connectivity index (χ0n) is 18.1. The quantitative estimate of drug-likeness (QED) is 0.564. The van der Waals surface area contributed by atoms with Crippen molar-refractivity contribution in [2.24, 2.45) is 5.92 Å². The van der Waals surface area contributed by atoms with Gasteiger partial charge in [-0.15, -0.1) is 0 Å². The number of benzene rings is 2. The van der Waals surface area contributed by atoms with Crippen molar-refractivity contribution in [3.8, 4) is 11.5 Å². The Bertz CT molecular complexity index is 1120. The molecule has 168 valence electrons. The highest BCUT2D eigenvalue weighted by atomic mass is 19.1. The third kappa shape index (κ3) is 3.74. The number of hydrogen-bond donors (Lipinski definition) is 3. The van der Waals surface area contributed by atoms with Crippen molar-refractivity contribution in [1.29, 1.82) is 0 Å². The first-order valence-electron chi connectivity index (χ1n) is 11.7. The Kier molecular flexibility index (Phi) is 5.25. The number of aryl methyl sites for hydroxylation is 1. The molecule has 6 nitrogen and oxygen atoms in total. The molecule has 3 aromatic rings. The minimum absolute atomic E-state index is 0.186. The van der Waals surface area contributed by atoms with Crippen LogP contribution in [0.1, 0.15) is 42.0 Å². The van der Waals surface area contributed by atoms with Crippen LogP contribution in [0.2, 0.25) is 0 Å². The lowest BCUT2D eigenvalue weighted by Gasteiger charge is -2.40. The van der Waals surface area contributed by atoms with E-state index in [9.17, 15) is 4.39 Å². The number of H-pyrrole nitrogens is 1. The fourth-order valence-electron chi connectivity index (χ4n) is 5.63. The van der Waals surface area contributed by atoms with Gasteiger partial charge in [-0.3, -0.25) is 4.90 Å². The number of halogens is 1. The molecule has 0 aliphatic carbocycles. The monoisotopic (exact) mass is 436 g/mol. The van der Waals surface area contributed by atoms with Crippen LogP contribution < -0.4 is 20.6 Å². The summed E-state index contributed by atoms with van der Waals surface area (Å²) in [4.78, 5) is 16.8. The van der Waals surface area contributed by atoms with Crippen LogP contribution in [0.5, 0.6) is 11.5 Å². The molecule has 1 aromatic heterocycles. The summed E-state index contributed by atoms with van der Waals surface area (Å²) in [5.41, 5.74) is 7.37. The summed E-state index contributed by atoms with van der Waals surface area (Å²) in [7, 11) is 0. The summed E-state index contributed by atoms with van der Waals surface area (Å²) in [6.07, 6.45) is 7.41. The van der Waals surface area contributed by atoms with Crippen LogP contribution in [0.15, 0.2) is 36.5 Å². The molecular formula is C25H29FN4O2. The zero-order chi connectivity index (χ0) is 21.5. The average Bonchev–Trinajstić information content (AvgIpc) is 3.44. The van der Waals surface area contributed by atoms with E-state index in [1.165, 1.54) is 35.6 Å². The van der Waals surface area contributed by atoms with Gasteiger partial charge in [0.1, 0.15) is 5.82 Å². The predicted octanol–water partition coefficient (Wildman–Crippen LogP) is 4.03. The second-order valence-electron chi connectivity index (χ2n) is 9.28. The molecule has 32 heavy (non-hydrogen) atoms. The van der Waals surface area contributed by atoms with Crippen LogP contribution in [-0.4, -0.2) is 36.1 Å². The van der Waals surface area contributed by atoms with Crippen molar-refractivity contribution in [3.05, 3.63) is 59.0 Å². The molecule has 0 amide bonds. The van der Waals surface area contributed by atoms with Crippen LogP contribution in [0, 0.1) is 11.7 Å². The van der Waals surface area contributed by atoms with Gasteiger partial charge in [-0.25, -0.2) is 4.39 Å². The number of nitrogens with zero attached hydrogens (tertiary/aromatic N) is 1. The second kappa shape index (κ2) is 8.39. The van der Waals surface area contributed by atoms with Crippen LogP contribution in [0.3, 0.4) is 0 Å². The van der Waals surface area contributed by atoms with Crippen molar-refractivity contribution in [2.75, 3.05) is 26.2 Å². The van der Waals surface area contributed by atoms with E-state index in [0.29, 0.717) is 6.04 Å². The van der Waals surface area contributed by atoms with Gasteiger partial charge in [0, 0.05) is 41.9 Å². The second-order valence-corrected chi connectivity index (χ2v) is 9.28. The topological polar surface area (TPSA) is 61.6 Å². The van der Waals surface area contributed by atoms with E-state index in [1.807, 2.05) is 12.3 Å². The van der Waals surface area contributed by atoms with Crippen LogP contribution in [-0.2, 0) is 12.8 Å². The van der Waals surface area contributed by atoms with Crippen molar-refractivity contribution in [1.82, 2.24) is 20.8 Å². The lowest BCUT2D eigenvalue weighted by Crippen LogP contribution is -2.41. The molecule has 0 radical (unpaired) electrons. The van der Waals surface area contributed by atoms with Crippen LogP contribution in [0.25, 0.3) is 10.9 Å². The van der Waals surface area contributed by atoms with Gasteiger partial charge >= 0.3 is 0 Å². The molecule has 0 spiro atoms. The minimum Gasteiger partial charge on any atom is -0.370 e. The van der Waals surface area contributed by atoms with Crippen molar-refractivity contribution in [2.45, 2.75) is 38.1 Å². The normalized spacial score (nSPS) is 21.2. The van der Waals surface area contributed by atoms with E-state index >= 15 is 0 Å². The van der Waals surface area contributed by atoms with Crippen molar-refractivity contribution >= 4 is 10.9 Å². The maximum absolute atomic E-state index is 13.9. The number of rotatable bonds is 5. The lowest BCUT2D eigenvalue weighted by atomic mass is 9.86. The zero-order valence-corrected chi connectivity index (χ0v) is 18.1. The lowest BCUT2D eigenvalue weighted by molar-refractivity contribution is 0.0259. The maximum atomic E-state index is 13.9. The summed E-state index contributed by atoms with van der Waals surface area (Å²) < 4.78 is 13.9. The van der Waals surface area contributed by atoms with Gasteiger partial charge in [0.05, 0.1) is 0 Å². The van der Waals surface area contributed by atoms with Gasteiger partial charge in [-0.2, -0.15) is 0 Å². The molecule has 4 heterocycles. The van der Waals surface area contributed by atoms with E-state index in [4.69, 9.17) is 9.68 Å². The largest absolute Gasteiger partial charge is 0.370 e. The van der Waals surface area contributed by atoms with Gasteiger partial charge < -0.3 is 20.0 Å². The molecule has 1 saturated heterocycles. The van der Waals surface area contributed by atoms with E-state index in [1.54, 1.807) is 6.07 Å². The van der Waals surface area contributed by atoms with Gasteiger partial charge in [-0.05, 0) is 98.1 Å². The number of aromatic amines is 1. The molecule has 7 heteroatoms. The van der Waals surface area contributed by atoms with Gasteiger partial charge in [0.2, 0.25) is 0 Å². The Morgan fingerprint density at radius 1 is 1.06 bits per heavy atom. The highest BCUT2D eigenvalue weighted by molar-refractivity contribution is 5.83. The van der Waals surface area contributed by atoms with Crippen molar-refractivity contribution in [3.63, 3.8) is 0 Å². The highest BCUT2D eigenvalue weighted by Crippen LogP contribution is 2.42. The molecule has 3 aliphatic heterocycles. The summed E-state index contributed by atoms with van der Waals surface area (Å²) >= 11 is 0. The average molecular weight is 437 g/mol. The smallest absolute Gasteiger partial charge is 0.196 e. The summed E-state index contributed by atoms with van der Waals surface area (Å²) in [6.45, 7) is 4.41. The third-order valence-corrected chi connectivity index (χ3v) is 7.34. The Balaban J connectivity index is 1.29. The predicted molar refractivity (Wildman–Crippen MR) is 121 cm³/mol. The van der Waals surface area contributed by atoms with E-state index in [2.05, 4.69) is 33.0 Å². The number of nitrogens with one attached hydrogen (secondary N) is 3. The molecule has 2 aromatic carbocycles. The third-order valence-electron chi connectivity index (χ3n) is 7.34. The van der Waals surface area contributed by atoms with E-state index in [0.717, 1.165) is 73.8 Å². The van der Waals surface area contributed by atoms with Crippen molar-refractivity contribution < 1.29 is 14.1 Å². The van der Waals surface area contributed by atoms with Crippen LogP contribution in [0.4, 0.5) is 4.39 Å². The highest BCUT2D eigenvalue weighted by Gasteiger charge is 2.32.